The van der Waals surface area contributed by atoms with Crippen molar-refractivity contribution in [2.75, 3.05) is 0 Å². The van der Waals surface area contributed by atoms with Crippen molar-refractivity contribution in [3.05, 3.63) is 42.6 Å². The Labute approximate surface area is 129 Å². The first kappa shape index (κ1) is 14.0. The number of thiophene rings is 1. The summed E-state index contributed by atoms with van der Waals surface area (Å²) in [6.45, 7) is 1.72. The van der Waals surface area contributed by atoms with Crippen LogP contribution in [0.1, 0.15) is 21.1 Å². The largest absolute Gasteiger partial charge is 0.476 e. The summed E-state index contributed by atoms with van der Waals surface area (Å²) in [5.74, 6) is -0.967. The Kier molecular flexibility index (Phi) is 3.38. The minimum atomic E-state index is -1.23. The quantitative estimate of drug-likeness (QED) is 0.760. The van der Waals surface area contributed by atoms with Crippen LogP contribution >= 0.6 is 27.3 Å². The lowest BCUT2D eigenvalue weighted by molar-refractivity contribution is 0.0690. The van der Waals surface area contributed by atoms with Crippen molar-refractivity contribution in [1.29, 1.82) is 0 Å². The van der Waals surface area contributed by atoms with Gasteiger partial charge in [0.1, 0.15) is 5.76 Å². The van der Waals surface area contributed by atoms with E-state index >= 15 is 0 Å². The summed E-state index contributed by atoms with van der Waals surface area (Å²) >= 11 is 4.77. The second kappa shape index (κ2) is 5.08. The van der Waals surface area contributed by atoms with E-state index in [9.17, 15) is 14.7 Å². The van der Waals surface area contributed by atoms with E-state index in [2.05, 4.69) is 26.2 Å². The third-order valence-corrected chi connectivity index (χ3v) is 4.57. The Morgan fingerprint density at radius 2 is 2.33 bits per heavy atom. The third-order valence-electron chi connectivity index (χ3n) is 2.89. The second-order valence-corrected chi connectivity index (χ2v) is 6.22. The molecule has 0 aliphatic heterocycles. The van der Waals surface area contributed by atoms with Gasteiger partial charge in [0.15, 0.2) is 11.2 Å². The van der Waals surface area contributed by atoms with Gasteiger partial charge in [0.2, 0.25) is 0 Å². The van der Waals surface area contributed by atoms with E-state index in [1.807, 2.05) is 11.4 Å². The van der Waals surface area contributed by atoms with Crippen molar-refractivity contribution >= 4 is 44.1 Å². The van der Waals surface area contributed by atoms with E-state index in [-0.39, 0.29) is 28.9 Å². The molecule has 1 N–H and O–H groups in total. The van der Waals surface area contributed by atoms with Crippen LogP contribution in [0.4, 0.5) is 0 Å². The molecule has 0 atom stereocenters. The second-order valence-electron chi connectivity index (χ2n) is 4.31. The number of hydrogen-bond acceptors (Lipinski definition) is 6. The van der Waals surface area contributed by atoms with Crippen LogP contribution in [0.15, 0.2) is 25.2 Å². The summed E-state index contributed by atoms with van der Waals surface area (Å²) in [5, 5.41) is 18.9. The fourth-order valence-electron chi connectivity index (χ4n) is 1.98. The molecule has 0 aromatic carbocycles. The Bertz CT molecular complexity index is 911. The van der Waals surface area contributed by atoms with Gasteiger partial charge in [0, 0.05) is 14.7 Å². The molecule has 9 heteroatoms. The molecular weight excluding hydrogens is 362 g/mol. The van der Waals surface area contributed by atoms with Gasteiger partial charge >= 0.3 is 5.97 Å². The van der Waals surface area contributed by atoms with Crippen LogP contribution in [0.25, 0.3) is 10.9 Å². The lowest BCUT2D eigenvalue weighted by atomic mass is 10.2. The number of carbonyl (C=O) groups is 1. The first-order valence-electron chi connectivity index (χ1n) is 5.80. The van der Waals surface area contributed by atoms with Gasteiger partial charge in [-0.15, -0.1) is 11.3 Å². The van der Waals surface area contributed by atoms with Crippen molar-refractivity contribution in [2.24, 2.45) is 0 Å². The lowest BCUT2D eigenvalue weighted by Gasteiger charge is -2.04. The molecule has 3 heterocycles. The zero-order valence-electron chi connectivity index (χ0n) is 10.7. The number of carboxylic acids is 1. The number of halogens is 1. The Balaban J connectivity index is 2.21. The number of aromatic nitrogens is 3. The van der Waals surface area contributed by atoms with E-state index in [4.69, 9.17) is 4.52 Å². The summed E-state index contributed by atoms with van der Waals surface area (Å²) in [4.78, 5) is 24.5. The van der Waals surface area contributed by atoms with Gasteiger partial charge in [-0.3, -0.25) is 4.79 Å². The average molecular weight is 370 g/mol. The molecule has 0 bridgehead atoms. The summed E-state index contributed by atoms with van der Waals surface area (Å²) in [6.07, 6.45) is 0. The van der Waals surface area contributed by atoms with Crippen LogP contribution in [0, 0.1) is 6.92 Å². The number of aryl methyl sites for hydroxylation is 1. The van der Waals surface area contributed by atoms with Gasteiger partial charge in [-0.1, -0.05) is 5.16 Å². The van der Waals surface area contributed by atoms with Crippen molar-refractivity contribution in [2.45, 2.75) is 13.5 Å². The van der Waals surface area contributed by atoms with Gasteiger partial charge in [0.25, 0.3) is 5.56 Å². The standard InChI is InChI=1S/C12H8BrN3O4S/c1-5-8-9(15-20-5)11(17)16(14-10(8)12(18)19)3-7-2-6(13)4-21-7/h2,4H,3H2,1H3,(H,18,19). The highest BCUT2D eigenvalue weighted by Gasteiger charge is 2.22. The van der Waals surface area contributed by atoms with Gasteiger partial charge in [-0.2, -0.15) is 5.10 Å². The first-order valence-corrected chi connectivity index (χ1v) is 7.48. The average Bonchev–Trinajstić information content (AvgIpc) is 3.00. The molecule has 3 rings (SSSR count). The molecule has 0 radical (unpaired) electrons. The molecule has 0 saturated heterocycles. The molecule has 21 heavy (non-hydrogen) atoms. The predicted octanol–water partition coefficient (Wildman–Crippen LogP) is 2.26. The van der Waals surface area contributed by atoms with Crippen molar-refractivity contribution < 1.29 is 14.4 Å². The Morgan fingerprint density at radius 3 is 2.95 bits per heavy atom. The number of nitrogens with zero attached hydrogens (tertiary/aromatic N) is 3. The maximum Gasteiger partial charge on any atom is 0.357 e. The highest BCUT2D eigenvalue weighted by Crippen LogP contribution is 2.21. The fourth-order valence-corrected chi connectivity index (χ4v) is 3.41. The summed E-state index contributed by atoms with van der Waals surface area (Å²) < 4.78 is 6.91. The van der Waals surface area contributed by atoms with E-state index in [1.165, 1.54) is 11.3 Å². The van der Waals surface area contributed by atoms with Crippen LogP contribution in [-0.4, -0.2) is 26.0 Å². The van der Waals surface area contributed by atoms with Crippen molar-refractivity contribution in [3.8, 4) is 0 Å². The summed E-state index contributed by atoms with van der Waals surface area (Å²) in [6, 6.07) is 1.84. The number of carboxylic acid groups (broad SMARTS) is 1. The first-order chi connectivity index (χ1) is 9.97. The summed E-state index contributed by atoms with van der Waals surface area (Å²) in [5.41, 5.74) is -0.731. The molecule has 3 aromatic heterocycles. The molecule has 0 aliphatic rings. The fraction of sp³-hybridized carbons (Fsp3) is 0.167. The van der Waals surface area contributed by atoms with Gasteiger partial charge in [0.05, 0.1) is 11.9 Å². The molecule has 0 spiro atoms. The van der Waals surface area contributed by atoms with Crippen LogP contribution in [0.3, 0.4) is 0 Å². The zero-order valence-corrected chi connectivity index (χ0v) is 13.1. The van der Waals surface area contributed by atoms with E-state index in [0.717, 1.165) is 14.0 Å². The number of hydrogen-bond donors (Lipinski definition) is 1. The third kappa shape index (κ3) is 2.38. The van der Waals surface area contributed by atoms with Crippen LogP contribution < -0.4 is 5.56 Å². The molecule has 0 fully saturated rings. The predicted molar refractivity (Wildman–Crippen MR) is 78.9 cm³/mol. The zero-order chi connectivity index (χ0) is 15.1. The molecule has 0 aliphatic carbocycles. The molecular formula is C12H8BrN3O4S. The van der Waals surface area contributed by atoms with Gasteiger partial charge in [-0.25, -0.2) is 9.48 Å². The Morgan fingerprint density at radius 1 is 1.57 bits per heavy atom. The van der Waals surface area contributed by atoms with Crippen LogP contribution in [-0.2, 0) is 6.54 Å². The highest BCUT2D eigenvalue weighted by atomic mass is 79.9. The molecule has 7 nitrogen and oxygen atoms in total. The highest BCUT2D eigenvalue weighted by molar-refractivity contribution is 9.10. The Hall–Kier alpha value is -2.00. The monoisotopic (exact) mass is 369 g/mol. The number of aromatic carboxylic acids is 1. The van der Waals surface area contributed by atoms with Gasteiger partial charge < -0.3 is 9.63 Å². The van der Waals surface area contributed by atoms with Crippen molar-refractivity contribution in [3.63, 3.8) is 0 Å². The molecule has 0 saturated carbocycles. The SMILES string of the molecule is Cc1onc2c(=O)n(Cc3cc(Br)cs3)nc(C(=O)O)c12. The smallest absolute Gasteiger partial charge is 0.357 e. The van der Waals surface area contributed by atoms with Crippen LogP contribution in [0.2, 0.25) is 0 Å². The van der Waals surface area contributed by atoms with E-state index < -0.39 is 11.5 Å². The normalized spacial score (nSPS) is 11.1. The minimum Gasteiger partial charge on any atom is -0.476 e. The molecule has 108 valence electrons. The number of rotatable bonds is 3. The molecule has 3 aromatic rings. The van der Waals surface area contributed by atoms with Gasteiger partial charge in [-0.05, 0) is 28.9 Å². The minimum absolute atomic E-state index is 0.0180. The van der Waals surface area contributed by atoms with Crippen molar-refractivity contribution in [1.82, 2.24) is 14.9 Å². The molecule has 0 unspecified atom stereocenters. The van der Waals surface area contributed by atoms with E-state index in [0.29, 0.717) is 0 Å². The maximum absolute atomic E-state index is 12.3. The number of fused-ring (bicyclic) bond motifs is 1. The summed E-state index contributed by atoms with van der Waals surface area (Å²) in [7, 11) is 0. The van der Waals surface area contributed by atoms with E-state index in [1.54, 1.807) is 6.92 Å². The topological polar surface area (TPSA) is 98.2 Å². The lowest BCUT2D eigenvalue weighted by Crippen LogP contribution is -2.26. The molecule has 0 amide bonds. The maximum atomic E-state index is 12.3. The van der Waals surface area contributed by atoms with Crippen LogP contribution in [0.5, 0.6) is 0 Å².